The second kappa shape index (κ2) is 7.35. The molecule has 1 fully saturated rings. The zero-order valence-corrected chi connectivity index (χ0v) is 13.4. The summed E-state index contributed by atoms with van der Waals surface area (Å²) in [7, 11) is 1.35. The van der Waals surface area contributed by atoms with Gasteiger partial charge in [0.25, 0.3) is 5.91 Å². The summed E-state index contributed by atoms with van der Waals surface area (Å²) in [4.78, 5) is 27.2. The topological polar surface area (TPSA) is 59.1 Å². The van der Waals surface area contributed by atoms with Gasteiger partial charge in [-0.25, -0.2) is 4.79 Å². The van der Waals surface area contributed by atoms with E-state index in [1.54, 1.807) is 28.0 Å². The fourth-order valence-corrected chi connectivity index (χ4v) is 2.55. The molecular formula is C15H19ClN2O4. The summed E-state index contributed by atoms with van der Waals surface area (Å²) < 4.78 is 10.0. The third-order valence-corrected chi connectivity index (χ3v) is 3.77. The number of hydrogen-bond donors (Lipinski definition) is 0. The van der Waals surface area contributed by atoms with Crippen LogP contribution in [0.3, 0.4) is 0 Å². The zero-order valence-electron chi connectivity index (χ0n) is 12.7. The first kappa shape index (κ1) is 16.4. The van der Waals surface area contributed by atoms with Gasteiger partial charge in [0.15, 0.2) is 0 Å². The molecule has 0 aromatic heterocycles. The normalized spacial score (nSPS) is 14.7. The molecule has 1 aromatic carbocycles. The van der Waals surface area contributed by atoms with Gasteiger partial charge in [-0.1, -0.05) is 11.6 Å². The fraction of sp³-hybridized carbons (Fsp3) is 0.467. The van der Waals surface area contributed by atoms with Crippen LogP contribution in [0.1, 0.15) is 17.3 Å². The Balaban J connectivity index is 2.01. The highest BCUT2D eigenvalue weighted by atomic mass is 35.5. The molecule has 0 saturated carbocycles. The van der Waals surface area contributed by atoms with Crippen molar-refractivity contribution in [3.8, 4) is 5.75 Å². The van der Waals surface area contributed by atoms with E-state index in [-0.39, 0.29) is 12.0 Å². The molecule has 1 aliphatic heterocycles. The van der Waals surface area contributed by atoms with Gasteiger partial charge in [-0.15, -0.1) is 0 Å². The van der Waals surface area contributed by atoms with Crippen LogP contribution in [0.15, 0.2) is 18.2 Å². The maximum Gasteiger partial charge on any atom is 0.409 e. The van der Waals surface area contributed by atoms with Gasteiger partial charge >= 0.3 is 6.09 Å². The first-order chi connectivity index (χ1) is 10.6. The molecule has 0 radical (unpaired) electrons. The summed E-state index contributed by atoms with van der Waals surface area (Å²) in [6.45, 7) is 4.25. The summed E-state index contributed by atoms with van der Waals surface area (Å²) in [5.41, 5.74) is 0.514. The van der Waals surface area contributed by atoms with Crippen LogP contribution >= 0.6 is 11.6 Å². The summed E-state index contributed by atoms with van der Waals surface area (Å²) in [5, 5.41) is 0.417. The Morgan fingerprint density at radius 2 is 1.82 bits per heavy atom. The average molecular weight is 327 g/mol. The minimum Gasteiger partial charge on any atom is -0.492 e. The molecule has 6 nitrogen and oxygen atoms in total. The molecule has 0 N–H and O–H groups in total. The molecule has 1 heterocycles. The van der Waals surface area contributed by atoms with Gasteiger partial charge in [-0.05, 0) is 25.1 Å². The van der Waals surface area contributed by atoms with Crippen molar-refractivity contribution in [2.45, 2.75) is 6.92 Å². The number of halogens is 1. The average Bonchev–Trinajstić information content (AvgIpc) is 2.55. The Kier molecular flexibility index (Phi) is 5.49. The van der Waals surface area contributed by atoms with Crippen LogP contribution in [0.25, 0.3) is 0 Å². The number of rotatable bonds is 3. The van der Waals surface area contributed by atoms with Crippen LogP contribution in [-0.4, -0.2) is 61.7 Å². The standard InChI is InChI=1S/C15H19ClN2O4/c1-3-22-13-5-4-11(10-12(13)16)14(19)17-6-8-18(9-7-17)15(20)21-2/h4-5,10H,3,6-9H2,1-2H3. The lowest BCUT2D eigenvalue weighted by Crippen LogP contribution is -2.50. The van der Waals surface area contributed by atoms with Gasteiger partial charge in [0, 0.05) is 31.7 Å². The van der Waals surface area contributed by atoms with Crippen molar-refractivity contribution in [1.29, 1.82) is 0 Å². The van der Waals surface area contributed by atoms with E-state index in [0.717, 1.165) is 0 Å². The van der Waals surface area contributed by atoms with Crippen molar-refractivity contribution in [3.63, 3.8) is 0 Å². The molecule has 0 atom stereocenters. The number of methoxy groups -OCH3 is 1. The van der Waals surface area contributed by atoms with Crippen molar-refractivity contribution in [3.05, 3.63) is 28.8 Å². The van der Waals surface area contributed by atoms with Crippen molar-refractivity contribution in [1.82, 2.24) is 9.80 Å². The third kappa shape index (κ3) is 3.62. The number of ether oxygens (including phenoxy) is 2. The van der Waals surface area contributed by atoms with Gasteiger partial charge in [0.05, 0.1) is 18.7 Å². The van der Waals surface area contributed by atoms with Crippen LogP contribution in [0.2, 0.25) is 5.02 Å². The Labute approximate surface area is 134 Å². The quantitative estimate of drug-likeness (QED) is 0.855. The Bertz CT molecular complexity index is 556. The van der Waals surface area contributed by atoms with Gasteiger partial charge in [0.1, 0.15) is 5.75 Å². The summed E-state index contributed by atoms with van der Waals surface area (Å²) in [6.07, 6.45) is -0.365. The smallest absolute Gasteiger partial charge is 0.409 e. The fourth-order valence-electron chi connectivity index (χ4n) is 2.31. The molecule has 0 bridgehead atoms. The highest BCUT2D eigenvalue weighted by molar-refractivity contribution is 6.32. The Morgan fingerprint density at radius 1 is 1.18 bits per heavy atom. The van der Waals surface area contributed by atoms with Crippen LogP contribution in [0.5, 0.6) is 5.75 Å². The van der Waals surface area contributed by atoms with Crippen molar-refractivity contribution >= 4 is 23.6 Å². The van der Waals surface area contributed by atoms with Crippen molar-refractivity contribution in [2.24, 2.45) is 0 Å². The molecule has 2 rings (SSSR count). The van der Waals surface area contributed by atoms with Gasteiger partial charge in [-0.2, -0.15) is 0 Å². The lowest BCUT2D eigenvalue weighted by atomic mass is 10.1. The molecule has 1 aromatic rings. The van der Waals surface area contributed by atoms with E-state index in [1.807, 2.05) is 6.92 Å². The summed E-state index contributed by atoms with van der Waals surface area (Å²) in [6, 6.07) is 5.01. The maximum absolute atomic E-state index is 12.5. The molecule has 1 saturated heterocycles. The number of carbonyl (C=O) groups is 2. The van der Waals surface area contributed by atoms with E-state index in [0.29, 0.717) is 49.1 Å². The highest BCUT2D eigenvalue weighted by Gasteiger charge is 2.25. The van der Waals surface area contributed by atoms with Gasteiger partial charge in [0.2, 0.25) is 0 Å². The molecular weight excluding hydrogens is 308 g/mol. The van der Waals surface area contributed by atoms with E-state index in [4.69, 9.17) is 16.3 Å². The lowest BCUT2D eigenvalue weighted by Gasteiger charge is -2.33. The van der Waals surface area contributed by atoms with Crippen LogP contribution in [0.4, 0.5) is 4.79 Å². The second-order valence-electron chi connectivity index (χ2n) is 4.83. The molecule has 120 valence electrons. The zero-order chi connectivity index (χ0) is 16.1. The van der Waals surface area contributed by atoms with E-state index in [9.17, 15) is 9.59 Å². The molecule has 2 amide bonds. The maximum atomic E-state index is 12.5. The van der Waals surface area contributed by atoms with Crippen LogP contribution < -0.4 is 4.74 Å². The van der Waals surface area contributed by atoms with Crippen molar-refractivity contribution < 1.29 is 19.1 Å². The largest absolute Gasteiger partial charge is 0.492 e. The minimum atomic E-state index is -0.365. The van der Waals surface area contributed by atoms with E-state index in [2.05, 4.69) is 4.74 Å². The SMILES string of the molecule is CCOc1ccc(C(=O)N2CCN(C(=O)OC)CC2)cc1Cl. The molecule has 7 heteroatoms. The first-order valence-corrected chi connectivity index (χ1v) is 7.49. The summed E-state index contributed by atoms with van der Waals surface area (Å²) >= 11 is 6.11. The molecule has 0 unspecified atom stereocenters. The monoisotopic (exact) mass is 326 g/mol. The first-order valence-electron chi connectivity index (χ1n) is 7.11. The van der Waals surface area contributed by atoms with Crippen LogP contribution in [-0.2, 0) is 4.74 Å². The minimum absolute atomic E-state index is 0.102. The molecule has 1 aliphatic rings. The number of nitrogens with zero attached hydrogens (tertiary/aromatic N) is 2. The van der Waals surface area contributed by atoms with Gasteiger partial charge < -0.3 is 19.3 Å². The number of carbonyl (C=O) groups excluding carboxylic acids is 2. The third-order valence-electron chi connectivity index (χ3n) is 3.48. The lowest BCUT2D eigenvalue weighted by molar-refractivity contribution is 0.0599. The predicted molar refractivity (Wildman–Crippen MR) is 82.5 cm³/mol. The van der Waals surface area contributed by atoms with Crippen LogP contribution in [0, 0.1) is 0 Å². The van der Waals surface area contributed by atoms with Crippen molar-refractivity contribution in [2.75, 3.05) is 39.9 Å². The molecule has 22 heavy (non-hydrogen) atoms. The predicted octanol–water partition coefficient (Wildman–Crippen LogP) is 2.26. The number of amides is 2. The molecule has 0 aliphatic carbocycles. The number of piperazine rings is 1. The second-order valence-corrected chi connectivity index (χ2v) is 5.23. The van der Waals surface area contributed by atoms with E-state index >= 15 is 0 Å². The number of benzene rings is 1. The molecule has 0 spiro atoms. The number of hydrogen-bond acceptors (Lipinski definition) is 4. The van der Waals surface area contributed by atoms with E-state index < -0.39 is 0 Å². The highest BCUT2D eigenvalue weighted by Crippen LogP contribution is 2.26. The van der Waals surface area contributed by atoms with E-state index in [1.165, 1.54) is 7.11 Å². The Morgan fingerprint density at radius 3 is 2.36 bits per heavy atom. The summed E-state index contributed by atoms with van der Waals surface area (Å²) in [5.74, 6) is 0.464. The Hall–Kier alpha value is -1.95. The van der Waals surface area contributed by atoms with Gasteiger partial charge in [-0.3, -0.25) is 4.79 Å².